The molecular formula is C16H31N3O. The summed E-state index contributed by atoms with van der Waals surface area (Å²) in [5, 5.41) is 0. The molecule has 4 nitrogen and oxygen atoms in total. The number of carbonyl (C=O) groups excluding carboxylic acids is 1. The number of rotatable bonds is 5. The second-order valence-corrected chi connectivity index (χ2v) is 6.77. The minimum Gasteiger partial charge on any atom is -0.340 e. The van der Waals surface area contributed by atoms with Crippen LogP contribution < -0.4 is 5.73 Å². The zero-order chi connectivity index (χ0) is 14.6. The predicted octanol–water partition coefficient (Wildman–Crippen LogP) is 1.70. The van der Waals surface area contributed by atoms with Crippen LogP contribution in [0.3, 0.4) is 0 Å². The maximum Gasteiger partial charge on any atom is 0.228 e. The van der Waals surface area contributed by atoms with E-state index in [1.54, 1.807) is 0 Å². The van der Waals surface area contributed by atoms with E-state index in [1.165, 1.54) is 12.8 Å². The first-order valence-electron chi connectivity index (χ1n) is 8.33. The van der Waals surface area contributed by atoms with Crippen LogP contribution in [0.25, 0.3) is 0 Å². The third-order valence-corrected chi connectivity index (χ3v) is 5.32. The number of amides is 1. The molecular weight excluding hydrogens is 250 g/mol. The summed E-state index contributed by atoms with van der Waals surface area (Å²) in [6.45, 7) is 10.0. The molecule has 1 aliphatic heterocycles. The first kappa shape index (κ1) is 15.8. The Morgan fingerprint density at radius 3 is 2.30 bits per heavy atom. The molecule has 1 unspecified atom stereocenters. The third-order valence-electron chi connectivity index (χ3n) is 5.32. The number of piperazine rings is 1. The van der Waals surface area contributed by atoms with Crippen molar-refractivity contribution in [2.45, 2.75) is 46.0 Å². The van der Waals surface area contributed by atoms with Gasteiger partial charge in [0.15, 0.2) is 0 Å². The molecule has 1 heterocycles. The van der Waals surface area contributed by atoms with E-state index in [2.05, 4.69) is 23.6 Å². The Balaban J connectivity index is 1.85. The van der Waals surface area contributed by atoms with Gasteiger partial charge in [0.05, 0.1) is 0 Å². The van der Waals surface area contributed by atoms with Gasteiger partial charge in [-0.15, -0.1) is 0 Å². The second kappa shape index (κ2) is 6.90. The monoisotopic (exact) mass is 281 g/mol. The van der Waals surface area contributed by atoms with Crippen molar-refractivity contribution in [3.63, 3.8) is 0 Å². The quantitative estimate of drug-likeness (QED) is 0.834. The Morgan fingerprint density at radius 1 is 1.20 bits per heavy atom. The van der Waals surface area contributed by atoms with Crippen LogP contribution in [0.15, 0.2) is 0 Å². The van der Waals surface area contributed by atoms with Crippen molar-refractivity contribution in [2.75, 3.05) is 39.3 Å². The van der Waals surface area contributed by atoms with Crippen molar-refractivity contribution in [1.29, 1.82) is 0 Å². The van der Waals surface area contributed by atoms with Gasteiger partial charge in [0.2, 0.25) is 5.91 Å². The standard InChI is InChI=1S/C16H31N3O/c1-3-16(6-4-5-7-16)15(20)19-10-8-18(9-11-19)13-14(2)12-17/h14H,3-13,17H2,1-2H3. The Hall–Kier alpha value is -0.610. The zero-order valence-corrected chi connectivity index (χ0v) is 13.2. The predicted molar refractivity (Wildman–Crippen MR) is 82.4 cm³/mol. The highest BCUT2D eigenvalue weighted by molar-refractivity contribution is 5.83. The molecule has 20 heavy (non-hydrogen) atoms. The molecule has 4 heteroatoms. The summed E-state index contributed by atoms with van der Waals surface area (Å²) < 4.78 is 0. The SMILES string of the molecule is CCC1(C(=O)N2CCN(CC(C)CN)CC2)CCCC1. The molecule has 0 bridgehead atoms. The molecule has 0 aromatic rings. The van der Waals surface area contributed by atoms with Crippen LogP contribution in [0.1, 0.15) is 46.0 Å². The van der Waals surface area contributed by atoms with Crippen LogP contribution in [-0.4, -0.2) is 55.0 Å². The van der Waals surface area contributed by atoms with Gasteiger partial charge in [-0.1, -0.05) is 26.7 Å². The molecule has 1 saturated heterocycles. The van der Waals surface area contributed by atoms with E-state index in [4.69, 9.17) is 5.73 Å². The van der Waals surface area contributed by atoms with Crippen molar-refractivity contribution in [3.8, 4) is 0 Å². The van der Waals surface area contributed by atoms with E-state index in [-0.39, 0.29) is 5.41 Å². The molecule has 2 rings (SSSR count). The van der Waals surface area contributed by atoms with Crippen LogP contribution in [-0.2, 0) is 4.79 Å². The van der Waals surface area contributed by atoms with E-state index >= 15 is 0 Å². The van der Waals surface area contributed by atoms with Gasteiger partial charge < -0.3 is 10.6 Å². The lowest BCUT2D eigenvalue weighted by Gasteiger charge is -2.40. The number of hydrogen-bond donors (Lipinski definition) is 1. The number of hydrogen-bond acceptors (Lipinski definition) is 3. The van der Waals surface area contributed by atoms with Crippen molar-refractivity contribution in [2.24, 2.45) is 17.1 Å². The van der Waals surface area contributed by atoms with Gasteiger partial charge in [-0.05, 0) is 31.7 Å². The van der Waals surface area contributed by atoms with Gasteiger partial charge in [0.25, 0.3) is 0 Å². The first-order chi connectivity index (χ1) is 9.61. The highest BCUT2D eigenvalue weighted by Crippen LogP contribution is 2.42. The summed E-state index contributed by atoms with van der Waals surface area (Å²) in [4.78, 5) is 17.4. The molecule has 0 aromatic heterocycles. The van der Waals surface area contributed by atoms with Crippen molar-refractivity contribution in [3.05, 3.63) is 0 Å². The first-order valence-corrected chi connectivity index (χ1v) is 8.33. The topological polar surface area (TPSA) is 49.6 Å². The van der Waals surface area contributed by atoms with Crippen molar-refractivity contribution < 1.29 is 4.79 Å². The average Bonchev–Trinajstić information content (AvgIpc) is 2.97. The molecule has 1 atom stereocenters. The van der Waals surface area contributed by atoms with Crippen LogP contribution in [0.4, 0.5) is 0 Å². The fraction of sp³-hybridized carbons (Fsp3) is 0.938. The lowest BCUT2D eigenvalue weighted by Crippen LogP contribution is -2.53. The fourth-order valence-corrected chi connectivity index (χ4v) is 3.75. The summed E-state index contributed by atoms with van der Waals surface area (Å²) in [6, 6.07) is 0. The molecule has 2 aliphatic rings. The zero-order valence-electron chi connectivity index (χ0n) is 13.2. The Labute approximate surface area is 123 Å². The highest BCUT2D eigenvalue weighted by Gasteiger charge is 2.42. The molecule has 1 saturated carbocycles. The van der Waals surface area contributed by atoms with Gasteiger partial charge in [0, 0.05) is 38.1 Å². The van der Waals surface area contributed by atoms with E-state index in [9.17, 15) is 4.79 Å². The van der Waals surface area contributed by atoms with Gasteiger partial charge in [-0.25, -0.2) is 0 Å². The van der Waals surface area contributed by atoms with Crippen LogP contribution >= 0.6 is 0 Å². The van der Waals surface area contributed by atoms with E-state index in [0.717, 1.165) is 58.5 Å². The smallest absolute Gasteiger partial charge is 0.228 e. The van der Waals surface area contributed by atoms with Crippen LogP contribution in [0, 0.1) is 11.3 Å². The highest BCUT2D eigenvalue weighted by atomic mass is 16.2. The molecule has 0 aromatic carbocycles. The Bertz CT molecular complexity index is 318. The minimum absolute atomic E-state index is 0.0211. The molecule has 1 aliphatic carbocycles. The second-order valence-electron chi connectivity index (χ2n) is 6.77. The minimum atomic E-state index is -0.0211. The van der Waals surface area contributed by atoms with Gasteiger partial charge in [0.1, 0.15) is 0 Å². The maximum absolute atomic E-state index is 12.8. The summed E-state index contributed by atoms with van der Waals surface area (Å²) in [5.74, 6) is 0.984. The number of nitrogens with two attached hydrogens (primary N) is 1. The molecule has 116 valence electrons. The lowest BCUT2D eigenvalue weighted by molar-refractivity contribution is -0.144. The van der Waals surface area contributed by atoms with Crippen LogP contribution in [0.5, 0.6) is 0 Å². The largest absolute Gasteiger partial charge is 0.340 e. The van der Waals surface area contributed by atoms with Gasteiger partial charge in [-0.2, -0.15) is 0 Å². The van der Waals surface area contributed by atoms with E-state index in [1.807, 2.05) is 0 Å². The third kappa shape index (κ3) is 3.34. The van der Waals surface area contributed by atoms with Crippen molar-refractivity contribution >= 4 is 5.91 Å². The number of carbonyl (C=O) groups is 1. The molecule has 2 N–H and O–H groups in total. The molecule has 0 spiro atoms. The normalized spacial score (nSPS) is 24.9. The Morgan fingerprint density at radius 2 is 1.80 bits per heavy atom. The Kier molecular flexibility index (Phi) is 5.44. The van der Waals surface area contributed by atoms with Gasteiger partial charge >= 0.3 is 0 Å². The van der Waals surface area contributed by atoms with E-state index in [0.29, 0.717) is 11.8 Å². The van der Waals surface area contributed by atoms with Crippen LogP contribution in [0.2, 0.25) is 0 Å². The number of nitrogens with zero attached hydrogens (tertiary/aromatic N) is 2. The summed E-state index contributed by atoms with van der Waals surface area (Å²) in [7, 11) is 0. The maximum atomic E-state index is 12.8. The average molecular weight is 281 g/mol. The molecule has 0 radical (unpaired) electrons. The summed E-state index contributed by atoms with van der Waals surface area (Å²) in [5.41, 5.74) is 5.67. The van der Waals surface area contributed by atoms with Crippen molar-refractivity contribution in [1.82, 2.24) is 9.80 Å². The molecule has 2 fully saturated rings. The summed E-state index contributed by atoms with van der Waals surface area (Å²) >= 11 is 0. The lowest BCUT2D eigenvalue weighted by atomic mass is 9.81. The van der Waals surface area contributed by atoms with E-state index < -0.39 is 0 Å². The fourth-order valence-electron chi connectivity index (χ4n) is 3.75. The summed E-state index contributed by atoms with van der Waals surface area (Å²) in [6.07, 6.45) is 5.68. The molecule has 1 amide bonds. The van der Waals surface area contributed by atoms with Gasteiger partial charge in [-0.3, -0.25) is 9.69 Å².